The van der Waals surface area contributed by atoms with Gasteiger partial charge in [-0.15, -0.1) is 0 Å². The molecule has 0 spiro atoms. The molecule has 0 saturated carbocycles. The van der Waals surface area contributed by atoms with E-state index in [2.05, 4.69) is 4.98 Å². The van der Waals surface area contributed by atoms with Gasteiger partial charge in [-0.25, -0.2) is 4.98 Å². The van der Waals surface area contributed by atoms with Gasteiger partial charge in [0.1, 0.15) is 0 Å². The Kier molecular flexibility index (Phi) is 3.14. The highest BCUT2D eigenvalue weighted by molar-refractivity contribution is 7.99. The number of Topliss-reactive ketones (excluding diaryl/α,β-unsaturated/α-hetero) is 1. The van der Waals surface area contributed by atoms with Crippen LogP contribution in [-0.4, -0.2) is 25.7 Å². The summed E-state index contributed by atoms with van der Waals surface area (Å²) >= 11 is 1.46. The van der Waals surface area contributed by atoms with Crippen LogP contribution < -0.4 is 0 Å². The summed E-state index contributed by atoms with van der Waals surface area (Å²) in [5, 5.41) is 0.865. The molecule has 2 heterocycles. The van der Waals surface area contributed by atoms with E-state index in [9.17, 15) is 4.79 Å². The van der Waals surface area contributed by atoms with Crippen LogP contribution in [-0.2, 0) is 14.1 Å². The molecule has 0 aliphatic heterocycles. The molecule has 0 aliphatic carbocycles. The highest BCUT2D eigenvalue weighted by Gasteiger charge is 2.09. The van der Waals surface area contributed by atoms with Crippen LogP contribution in [0.15, 0.2) is 36.0 Å². The van der Waals surface area contributed by atoms with Crippen molar-refractivity contribution in [2.75, 3.05) is 5.75 Å². The summed E-state index contributed by atoms with van der Waals surface area (Å²) in [4.78, 5) is 15.9. The van der Waals surface area contributed by atoms with Crippen LogP contribution in [0.2, 0.25) is 0 Å². The van der Waals surface area contributed by atoms with Crippen LogP contribution in [0.25, 0.3) is 0 Å². The van der Waals surface area contributed by atoms with Crippen LogP contribution in [0, 0.1) is 0 Å². The van der Waals surface area contributed by atoms with Crippen LogP contribution in [0.4, 0.5) is 0 Å². The number of carbonyl (C=O) groups is 1. The monoisotopic (exact) mass is 235 g/mol. The number of hydrogen-bond acceptors (Lipinski definition) is 3. The van der Waals surface area contributed by atoms with Gasteiger partial charge in [0.15, 0.2) is 10.9 Å². The molecule has 2 aromatic rings. The summed E-state index contributed by atoms with van der Waals surface area (Å²) in [7, 11) is 3.82. The Morgan fingerprint density at radius 1 is 1.44 bits per heavy atom. The van der Waals surface area contributed by atoms with Gasteiger partial charge in [0, 0.05) is 44.4 Å². The summed E-state index contributed by atoms with van der Waals surface area (Å²) in [6.45, 7) is 0. The van der Waals surface area contributed by atoms with Crippen molar-refractivity contribution >= 4 is 17.5 Å². The minimum Gasteiger partial charge on any atom is -0.357 e. The molecule has 0 unspecified atom stereocenters. The minimum atomic E-state index is 0.133. The first-order valence-electron chi connectivity index (χ1n) is 4.92. The molecule has 0 aromatic carbocycles. The maximum Gasteiger partial charge on any atom is 0.174 e. The smallest absolute Gasteiger partial charge is 0.174 e. The van der Waals surface area contributed by atoms with Gasteiger partial charge in [-0.1, -0.05) is 11.8 Å². The number of ketones is 1. The standard InChI is InChI=1S/C11H13N3OS/c1-13-5-3-9(7-13)10(15)8-16-11-12-4-6-14(11)2/h3-7H,8H2,1-2H3. The van der Waals surface area contributed by atoms with Gasteiger partial charge in [-0.3, -0.25) is 4.79 Å². The molecule has 16 heavy (non-hydrogen) atoms. The van der Waals surface area contributed by atoms with Gasteiger partial charge in [0.25, 0.3) is 0 Å². The minimum absolute atomic E-state index is 0.133. The maximum absolute atomic E-state index is 11.8. The average Bonchev–Trinajstić information content (AvgIpc) is 2.84. The van der Waals surface area contributed by atoms with Crippen molar-refractivity contribution in [3.8, 4) is 0 Å². The molecule has 0 amide bonds. The van der Waals surface area contributed by atoms with Gasteiger partial charge in [-0.2, -0.15) is 0 Å². The average molecular weight is 235 g/mol. The van der Waals surface area contributed by atoms with Crippen molar-refractivity contribution in [2.24, 2.45) is 14.1 Å². The fourth-order valence-corrected chi connectivity index (χ4v) is 2.20. The Balaban J connectivity index is 1.96. The zero-order valence-corrected chi connectivity index (χ0v) is 10.1. The number of rotatable bonds is 4. The van der Waals surface area contributed by atoms with Crippen molar-refractivity contribution in [2.45, 2.75) is 5.16 Å². The SMILES string of the molecule is Cn1ccc(C(=O)CSc2nccn2C)c1. The normalized spacial score (nSPS) is 10.6. The Labute approximate surface area is 98.3 Å². The molecule has 0 fully saturated rings. The van der Waals surface area contributed by atoms with E-state index < -0.39 is 0 Å². The van der Waals surface area contributed by atoms with E-state index in [4.69, 9.17) is 0 Å². The van der Waals surface area contributed by atoms with Gasteiger partial charge < -0.3 is 9.13 Å². The summed E-state index contributed by atoms with van der Waals surface area (Å²) in [6, 6.07) is 1.83. The first-order valence-corrected chi connectivity index (χ1v) is 5.90. The molecule has 0 radical (unpaired) electrons. The van der Waals surface area contributed by atoms with Gasteiger partial charge >= 0.3 is 0 Å². The Morgan fingerprint density at radius 3 is 2.81 bits per heavy atom. The highest BCUT2D eigenvalue weighted by Crippen LogP contribution is 2.16. The molecule has 0 N–H and O–H groups in total. The second kappa shape index (κ2) is 4.57. The molecule has 0 bridgehead atoms. The van der Waals surface area contributed by atoms with E-state index in [1.807, 2.05) is 47.9 Å². The first kappa shape index (κ1) is 11.0. The fraction of sp³-hybridized carbons (Fsp3) is 0.273. The summed E-state index contributed by atoms with van der Waals surface area (Å²) < 4.78 is 3.78. The lowest BCUT2D eigenvalue weighted by Gasteiger charge is -1.99. The largest absolute Gasteiger partial charge is 0.357 e. The van der Waals surface area contributed by atoms with Crippen molar-refractivity contribution in [3.63, 3.8) is 0 Å². The molecule has 84 valence electrons. The molecule has 5 heteroatoms. The lowest BCUT2D eigenvalue weighted by molar-refractivity contribution is 0.102. The number of hydrogen-bond donors (Lipinski definition) is 0. The number of imidazole rings is 1. The first-order chi connectivity index (χ1) is 7.66. The van der Waals surface area contributed by atoms with Crippen LogP contribution >= 0.6 is 11.8 Å². The van der Waals surface area contributed by atoms with E-state index >= 15 is 0 Å². The Morgan fingerprint density at radius 2 is 2.25 bits per heavy atom. The van der Waals surface area contributed by atoms with Crippen LogP contribution in [0.1, 0.15) is 10.4 Å². The van der Waals surface area contributed by atoms with E-state index in [-0.39, 0.29) is 5.78 Å². The third kappa shape index (κ3) is 2.36. The second-order valence-electron chi connectivity index (χ2n) is 3.60. The third-order valence-electron chi connectivity index (χ3n) is 2.26. The van der Waals surface area contributed by atoms with Gasteiger partial charge in [-0.05, 0) is 6.07 Å². The van der Waals surface area contributed by atoms with Crippen LogP contribution in [0.5, 0.6) is 0 Å². The molecule has 4 nitrogen and oxygen atoms in total. The summed E-state index contributed by atoms with van der Waals surface area (Å²) in [5.74, 6) is 0.558. The van der Waals surface area contributed by atoms with Crippen molar-refractivity contribution in [1.82, 2.24) is 14.1 Å². The molecule has 2 aromatic heterocycles. The topological polar surface area (TPSA) is 39.8 Å². The molecule has 0 atom stereocenters. The molecule has 2 rings (SSSR count). The Bertz CT molecular complexity index is 501. The summed E-state index contributed by atoms with van der Waals surface area (Å²) in [5.41, 5.74) is 0.754. The van der Waals surface area contributed by atoms with E-state index in [1.54, 1.807) is 6.20 Å². The van der Waals surface area contributed by atoms with E-state index in [0.717, 1.165) is 10.7 Å². The fourth-order valence-electron chi connectivity index (χ4n) is 1.37. The predicted molar refractivity (Wildman–Crippen MR) is 63.7 cm³/mol. The number of thioether (sulfide) groups is 1. The lowest BCUT2D eigenvalue weighted by atomic mass is 10.2. The molecule has 0 aliphatic rings. The zero-order valence-electron chi connectivity index (χ0n) is 9.25. The van der Waals surface area contributed by atoms with Gasteiger partial charge in [0.05, 0.1) is 5.75 Å². The summed E-state index contributed by atoms with van der Waals surface area (Å²) in [6.07, 6.45) is 7.31. The van der Waals surface area contributed by atoms with E-state index in [1.165, 1.54) is 11.8 Å². The second-order valence-corrected chi connectivity index (χ2v) is 4.54. The number of nitrogens with zero attached hydrogens (tertiary/aromatic N) is 3. The van der Waals surface area contributed by atoms with Crippen molar-refractivity contribution in [3.05, 3.63) is 36.4 Å². The third-order valence-corrected chi connectivity index (χ3v) is 3.32. The highest BCUT2D eigenvalue weighted by atomic mass is 32.2. The molecular weight excluding hydrogens is 222 g/mol. The number of aryl methyl sites for hydroxylation is 2. The van der Waals surface area contributed by atoms with Crippen molar-refractivity contribution < 1.29 is 4.79 Å². The van der Waals surface area contributed by atoms with Crippen LogP contribution in [0.3, 0.4) is 0 Å². The number of aromatic nitrogens is 3. The molecule has 0 saturated heterocycles. The lowest BCUT2D eigenvalue weighted by Crippen LogP contribution is -2.02. The van der Waals surface area contributed by atoms with Gasteiger partial charge in [0.2, 0.25) is 0 Å². The zero-order chi connectivity index (χ0) is 11.5. The van der Waals surface area contributed by atoms with Crippen molar-refractivity contribution in [1.29, 1.82) is 0 Å². The Hall–Kier alpha value is -1.49. The quantitative estimate of drug-likeness (QED) is 0.598. The molecular formula is C11H13N3OS. The predicted octanol–water partition coefficient (Wildman–Crippen LogP) is 1.73. The maximum atomic E-state index is 11.8. The number of carbonyl (C=O) groups excluding carboxylic acids is 1. The van der Waals surface area contributed by atoms with E-state index in [0.29, 0.717) is 5.75 Å².